The number of hydrogen-bond donors (Lipinski definition) is 1. The van der Waals surface area contributed by atoms with Crippen LogP contribution in [-0.4, -0.2) is 6.54 Å². The predicted molar refractivity (Wildman–Crippen MR) is 46.7 cm³/mol. The molecule has 1 aliphatic heterocycles. The molecule has 0 aliphatic carbocycles. The van der Waals surface area contributed by atoms with Crippen molar-refractivity contribution in [2.75, 3.05) is 6.54 Å². The van der Waals surface area contributed by atoms with Gasteiger partial charge in [-0.15, -0.1) is 0 Å². The lowest BCUT2D eigenvalue weighted by Crippen LogP contribution is -2.26. The first-order valence-corrected chi connectivity index (χ1v) is 4.24. The summed E-state index contributed by atoms with van der Waals surface area (Å²) in [6, 6.07) is 5.99. The van der Waals surface area contributed by atoms with Crippen molar-refractivity contribution in [2.24, 2.45) is 0 Å². The molecule has 1 aromatic rings. The van der Waals surface area contributed by atoms with Crippen LogP contribution in [0.2, 0.25) is 0 Å². The molecule has 1 N–H and O–H groups in total. The van der Waals surface area contributed by atoms with Gasteiger partial charge in [-0.3, -0.25) is 5.32 Å². The molecule has 2 heteroatoms. The van der Waals surface area contributed by atoms with Crippen LogP contribution >= 0.6 is 0 Å². The maximum absolute atomic E-state index is 13.2. The Balaban J connectivity index is 2.47. The molecule has 1 nitrogen and oxygen atoms in total. The summed E-state index contributed by atoms with van der Waals surface area (Å²) in [5.41, 5.74) is 3.09. The van der Waals surface area contributed by atoms with E-state index in [2.05, 4.69) is 5.32 Å². The van der Waals surface area contributed by atoms with Crippen molar-refractivity contribution in [3.8, 4) is 0 Å². The van der Waals surface area contributed by atoms with Crippen LogP contribution < -0.4 is 5.32 Å². The Bertz CT molecular complexity index is 296. The van der Waals surface area contributed by atoms with Crippen LogP contribution in [0.5, 0.6) is 0 Å². The molecule has 0 saturated carbocycles. The van der Waals surface area contributed by atoms with Gasteiger partial charge in [0.25, 0.3) is 0 Å². The number of benzene rings is 1. The van der Waals surface area contributed by atoms with Gasteiger partial charge in [0.1, 0.15) is 0 Å². The molecule has 0 fully saturated rings. The van der Waals surface area contributed by atoms with Gasteiger partial charge in [-0.2, -0.15) is 0 Å². The Hall–Kier alpha value is -0.890. The summed E-state index contributed by atoms with van der Waals surface area (Å²) in [7, 11) is 0. The third-order valence-electron chi connectivity index (χ3n) is 2.29. The van der Waals surface area contributed by atoms with Crippen LogP contribution in [0.1, 0.15) is 23.0 Å². The number of halogens is 1. The number of fused-ring (bicyclic) bond motifs is 1. The highest BCUT2D eigenvalue weighted by molar-refractivity contribution is 5.34. The molecule has 1 aliphatic rings. The van der Waals surface area contributed by atoms with Gasteiger partial charge in [0.15, 0.2) is 6.30 Å². The van der Waals surface area contributed by atoms with Gasteiger partial charge in [0.05, 0.1) is 0 Å². The zero-order valence-electron chi connectivity index (χ0n) is 7.10. The molecule has 0 radical (unpaired) electrons. The van der Waals surface area contributed by atoms with Gasteiger partial charge >= 0.3 is 0 Å². The molecule has 2 rings (SSSR count). The first kappa shape index (κ1) is 7.74. The normalized spacial score (nSPS) is 22.0. The van der Waals surface area contributed by atoms with Crippen LogP contribution in [0.25, 0.3) is 0 Å². The average molecular weight is 165 g/mol. The maximum Gasteiger partial charge on any atom is 0.177 e. The molecule has 0 saturated heterocycles. The predicted octanol–water partition coefficient (Wildman–Crippen LogP) is 2.11. The van der Waals surface area contributed by atoms with E-state index in [4.69, 9.17) is 0 Å². The van der Waals surface area contributed by atoms with Crippen molar-refractivity contribution in [3.05, 3.63) is 34.9 Å². The van der Waals surface area contributed by atoms with E-state index in [1.54, 1.807) is 0 Å². The Morgan fingerprint density at radius 2 is 2.33 bits per heavy atom. The van der Waals surface area contributed by atoms with Crippen molar-refractivity contribution in [2.45, 2.75) is 19.6 Å². The lowest BCUT2D eigenvalue weighted by Gasteiger charge is -2.21. The van der Waals surface area contributed by atoms with Gasteiger partial charge in [0.2, 0.25) is 0 Å². The monoisotopic (exact) mass is 165 g/mol. The average Bonchev–Trinajstić information content (AvgIpc) is 2.07. The Morgan fingerprint density at radius 1 is 1.50 bits per heavy atom. The Labute approximate surface area is 71.6 Å². The Morgan fingerprint density at radius 3 is 3.17 bits per heavy atom. The van der Waals surface area contributed by atoms with E-state index in [0.717, 1.165) is 29.7 Å². The summed E-state index contributed by atoms with van der Waals surface area (Å²) in [5, 5.41) is 2.80. The second-order valence-electron chi connectivity index (χ2n) is 3.27. The number of aryl methyl sites for hydroxylation is 1. The number of rotatable bonds is 0. The van der Waals surface area contributed by atoms with Crippen molar-refractivity contribution < 1.29 is 4.39 Å². The first-order chi connectivity index (χ1) is 5.77. The molecule has 64 valence electrons. The fourth-order valence-electron chi connectivity index (χ4n) is 1.62. The molecule has 0 bridgehead atoms. The van der Waals surface area contributed by atoms with Crippen LogP contribution in [0, 0.1) is 6.92 Å². The minimum absolute atomic E-state index is 0.747. The summed E-state index contributed by atoms with van der Waals surface area (Å²) < 4.78 is 13.2. The SMILES string of the molecule is Cc1ccc2c(c1)C(F)NCC2. The zero-order chi connectivity index (χ0) is 8.55. The fourth-order valence-corrected chi connectivity index (χ4v) is 1.62. The topological polar surface area (TPSA) is 12.0 Å². The van der Waals surface area contributed by atoms with E-state index < -0.39 is 6.30 Å². The van der Waals surface area contributed by atoms with E-state index in [-0.39, 0.29) is 0 Å². The van der Waals surface area contributed by atoms with Crippen molar-refractivity contribution in [3.63, 3.8) is 0 Å². The second kappa shape index (κ2) is 2.87. The van der Waals surface area contributed by atoms with Crippen LogP contribution in [0.15, 0.2) is 18.2 Å². The van der Waals surface area contributed by atoms with Crippen LogP contribution in [0.4, 0.5) is 4.39 Å². The highest BCUT2D eigenvalue weighted by atomic mass is 19.1. The number of alkyl halides is 1. The minimum atomic E-state index is -0.964. The van der Waals surface area contributed by atoms with Gasteiger partial charge in [0, 0.05) is 12.1 Å². The molecule has 0 amide bonds. The zero-order valence-corrected chi connectivity index (χ0v) is 7.10. The number of nitrogens with one attached hydrogen (secondary N) is 1. The third kappa shape index (κ3) is 1.23. The molecule has 0 spiro atoms. The smallest absolute Gasteiger partial charge is 0.177 e. The van der Waals surface area contributed by atoms with E-state index >= 15 is 0 Å². The van der Waals surface area contributed by atoms with Crippen molar-refractivity contribution in [1.29, 1.82) is 0 Å². The summed E-state index contributed by atoms with van der Waals surface area (Å²) in [5.74, 6) is 0. The van der Waals surface area contributed by atoms with Crippen molar-refractivity contribution in [1.82, 2.24) is 5.32 Å². The number of hydrogen-bond acceptors (Lipinski definition) is 1. The van der Waals surface area contributed by atoms with Gasteiger partial charge in [-0.1, -0.05) is 23.8 Å². The van der Waals surface area contributed by atoms with Crippen LogP contribution in [-0.2, 0) is 6.42 Å². The molecule has 12 heavy (non-hydrogen) atoms. The lowest BCUT2D eigenvalue weighted by molar-refractivity contribution is 0.269. The standard InChI is InChI=1S/C10H12FN/c1-7-2-3-8-4-5-12-10(11)9(8)6-7/h2-3,6,10,12H,4-5H2,1H3. The molecular weight excluding hydrogens is 153 g/mol. The highest BCUT2D eigenvalue weighted by Gasteiger charge is 2.17. The maximum atomic E-state index is 13.2. The Kier molecular flexibility index (Phi) is 1.85. The molecular formula is C10H12FN. The van der Waals surface area contributed by atoms with Gasteiger partial charge in [-0.25, -0.2) is 4.39 Å². The molecule has 1 unspecified atom stereocenters. The van der Waals surface area contributed by atoms with Crippen LogP contribution in [0.3, 0.4) is 0 Å². The van der Waals surface area contributed by atoms with E-state index in [1.807, 2.05) is 25.1 Å². The molecule has 0 aromatic heterocycles. The summed E-state index contributed by atoms with van der Waals surface area (Å²) >= 11 is 0. The van der Waals surface area contributed by atoms with E-state index in [0.29, 0.717) is 0 Å². The largest absolute Gasteiger partial charge is 0.284 e. The molecule has 1 atom stereocenters. The lowest BCUT2D eigenvalue weighted by atomic mass is 9.98. The van der Waals surface area contributed by atoms with Gasteiger partial charge < -0.3 is 0 Å². The van der Waals surface area contributed by atoms with E-state index in [1.165, 1.54) is 0 Å². The van der Waals surface area contributed by atoms with Crippen molar-refractivity contribution >= 4 is 0 Å². The fraction of sp³-hybridized carbons (Fsp3) is 0.400. The van der Waals surface area contributed by atoms with E-state index in [9.17, 15) is 4.39 Å². The van der Waals surface area contributed by atoms with Gasteiger partial charge in [-0.05, 0) is 18.9 Å². The summed E-state index contributed by atoms with van der Waals surface area (Å²) in [6.45, 7) is 2.73. The third-order valence-corrected chi connectivity index (χ3v) is 2.29. The first-order valence-electron chi connectivity index (χ1n) is 4.24. The minimum Gasteiger partial charge on any atom is -0.284 e. The molecule has 1 aromatic carbocycles. The summed E-state index contributed by atoms with van der Waals surface area (Å²) in [4.78, 5) is 0. The summed E-state index contributed by atoms with van der Waals surface area (Å²) in [6.07, 6.45) is -0.0237. The quantitative estimate of drug-likeness (QED) is 0.580. The molecule has 1 heterocycles. The second-order valence-corrected chi connectivity index (χ2v) is 3.27. The highest BCUT2D eigenvalue weighted by Crippen LogP contribution is 2.24.